The molecule has 5 nitrogen and oxygen atoms in total. The van der Waals surface area contributed by atoms with Gasteiger partial charge in [-0.2, -0.15) is 0 Å². The van der Waals surface area contributed by atoms with Crippen LogP contribution in [-0.2, 0) is 6.61 Å². The molecule has 0 fully saturated rings. The first-order valence-corrected chi connectivity index (χ1v) is 9.03. The van der Waals surface area contributed by atoms with Gasteiger partial charge < -0.3 is 14.4 Å². The number of allylic oxidation sites excluding steroid dienone is 1. The smallest absolute Gasteiger partial charge is 0.143 e. The van der Waals surface area contributed by atoms with Crippen LogP contribution in [0.15, 0.2) is 30.2 Å². The molecule has 0 atom stereocenters. The standard InChI is InChI=1S/C20H27N3O2/c1-14(2)23-13-21-10-19(23)17-7-5-4-6-16(17)12-25-20-9-8-15(3)22-18(20)11-24/h8-10,13-14,24H,4-7,11-12H2,1-3H3. The molecule has 1 aliphatic rings. The van der Waals surface area contributed by atoms with E-state index in [1.54, 1.807) is 0 Å². The molecule has 0 aromatic carbocycles. The van der Waals surface area contributed by atoms with Gasteiger partial charge in [-0.25, -0.2) is 4.98 Å². The number of rotatable bonds is 6. The van der Waals surface area contributed by atoms with Crippen molar-refractivity contribution in [3.63, 3.8) is 0 Å². The summed E-state index contributed by atoms with van der Waals surface area (Å²) in [5.41, 5.74) is 5.39. The summed E-state index contributed by atoms with van der Waals surface area (Å²) in [4.78, 5) is 8.71. The molecular formula is C20H27N3O2. The van der Waals surface area contributed by atoms with E-state index in [2.05, 4.69) is 28.4 Å². The van der Waals surface area contributed by atoms with Gasteiger partial charge in [-0.15, -0.1) is 0 Å². The van der Waals surface area contributed by atoms with Crippen molar-refractivity contribution in [1.29, 1.82) is 0 Å². The maximum atomic E-state index is 9.51. The lowest BCUT2D eigenvalue weighted by molar-refractivity contribution is 0.262. The highest BCUT2D eigenvalue weighted by molar-refractivity contribution is 5.67. The lowest BCUT2D eigenvalue weighted by Crippen LogP contribution is -2.12. The summed E-state index contributed by atoms with van der Waals surface area (Å²) in [5, 5.41) is 9.51. The Morgan fingerprint density at radius 2 is 2.04 bits per heavy atom. The zero-order valence-corrected chi connectivity index (χ0v) is 15.3. The van der Waals surface area contributed by atoms with Gasteiger partial charge >= 0.3 is 0 Å². The van der Waals surface area contributed by atoms with Crippen LogP contribution in [0.5, 0.6) is 5.75 Å². The molecule has 0 bridgehead atoms. The van der Waals surface area contributed by atoms with Gasteiger partial charge in [-0.05, 0) is 69.7 Å². The fourth-order valence-corrected chi connectivity index (χ4v) is 3.39. The van der Waals surface area contributed by atoms with Gasteiger partial charge in [0.1, 0.15) is 18.1 Å². The Hall–Kier alpha value is -2.14. The zero-order valence-electron chi connectivity index (χ0n) is 15.3. The second-order valence-electron chi connectivity index (χ2n) is 6.91. The molecule has 2 aromatic heterocycles. The molecule has 134 valence electrons. The number of aromatic nitrogens is 3. The summed E-state index contributed by atoms with van der Waals surface area (Å²) in [6.45, 7) is 6.70. The third kappa shape index (κ3) is 3.93. The number of aliphatic hydroxyl groups is 1. The third-order valence-electron chi connectivity index (χ3n) is 4.74. The summed E-state index contributed by atoms with van der Waals surface area (Å²) < 4.78 is 8.27. The molecule has 25 heavy (non-hydrogen) atoms. The molecule has 0 amide bonds. The molecule has 0 saturated heterocycles. The van der Waals surface area contributed by atoms with Crippen LogP contribution in [0, 0.1) is 6.92 Å². The van der Waals surface area contributed by atoms with Crippen LogP contribution >= 0.6 is 0 Å². The molecule has 1 aliphatic carbocycles. The highest BCUT2D eigenvalue weighted by Gasteiger charge is 2.19. The van der Waals surface area contributed by atoms with E-state index < -0.39 is 0 Å². The zero-order chi connectivity index (χ0) is 17.8. The minimum Gasteiger partial charge on any atom is -0.487 e. The molecule has 0 unspecified atom stereocenters. The molecule has 3 rings (SSSR count). The lowest BCUT2D eigenvalue weighted by Gasteiger charge is -2.23. The third-order valence-corrected chi connectivity index (χ3v) is 4.74. The van der Waals surface area contributed by atoms with Crippen molar-refractivity contribution >= 4 is 5.57 Å². The van der Waals surface area contributed by atoms with E-state index in [-0.39, 0.29) is 6.61 Å². The van der Waals surface area contributed by atoms with Gasteiger partial charge in [-0.3, -0.25) is 4.98 Å². The van der Waals surface area contributed by atoms with Crippen molar-refractivity contribution in [1.82, 2.24) is 14.5 Å². The van der Waals surface area contributed by atoms with Gasteiger partial charge in [-0.1, -0.05) is 0 Å². The van der Waals surface area contributed by atoms with Gasteiger partial charge in [0.2, 0.25) is 0 Å². The van der Waals surface area contributed by atoms with Crippen LogP contribution in [0.2, 0.25) is 0 Å². The monoisotopic (exact) mass is 341 g/mol. The van der Waals surface area contributed by atoms with Crippen LogP contribution in [0.25, 0.3) is 5.57 Å². The normalized spacial score (nSPS) is 15.1. The molecular weight excluding hydrogens is 314 g/mol. The van der Waals surface area contributed by atoms with Crippen LogP contribution in [0.3, 0.4) is 0 Å². The minimum absolute atomic E-state index is 0.108. The Balaban J connectivity index is 1.86. The number of aryl methyl sites for hydroxylation is 1. The van der Waals surface area contributed by atoms with E-state index in [1.807, 2.05) is 31.6 Å². The molecule has 5 heteroatoms. The SMILES string of the molecule is Cc1ccc(OCC2=C(c3cncn3C(C)C)CCCC2)c(CO)n1. The Morgan fingerprint density at radius 3 is 2.80 bits per heavy atom. The summed E-state index contributed by atoms with van der Waals surface area (Å²) in [6.07, 6.45) is 8.39. The topological polar surface area (TPSA) is 60.2 Å². The van der Waals surface area contributed by atoms with Crippen molar-refractivity contribution < 1.29 is 9.84 Å². The summed E-state index contributed by atoms with van der Waals surface area (Å²) in [6, 6.07) is 4.20. The average molecular weight is 341 g/mol. The first kappa shape index (κ1) is 17.7. The number of nitrogens with zero attached hydrogens (tertiary/aromatic N) is 3. The van der Waals surface area contributed by atoms with Crippen molar-refractivity contribution in [3.8, 4) is 5.75 Å². The van der Waals surface area contributed by atoms with E-state index in [0.717, 1.165) is 18.5 Å². The van der Waals surface area contributed by atoms with E-state index in [1.165, 1.54) is 29.7 Å². The van der Waals surface area contributed by atoms with E-state index in [0.29, 0.717) is 24.1 Å². The van der Waals surface area contributed by atoms with E-state index in [4.69, 9.17) is 4.74 Å². The predicted molar refractivity (Wildman–Crippen MR) is 98.4 cm³/mol. The lowest BCUT2D eigenvalue weighted by atomic mass is 9.90. The average Bonchev–Trinajstić information content (AvgIpc) is 3.10. The van der Waals surface area contributed by atoms with Crippen LogP contribution in [0.4, 0.5) is 0 Å². The fraction of sp³-hybridized carbons (Fsp3) is 0.500. The van der Waals surface area contributed by atoms with Crippen LogP contribution in [0.1, 0.15) is 62.7 Å². The number of ether oxygens (including phenoxy) is 1. The number of aliphatic hydroxyl groups excluding tert-OH is 1. The number of pyridine rings is 1. The van der Waals surface area contributed by atoms with Gasteiger partial charge in [0.05, 0.1) is 24.8 Å². The number of hydrogen-bond acceptors (Lipinski definition) is 4. The highest BCUT2D eigenvalue weighted by atomic mass is 16.5. The molecule has 2 heterocycles. The molecule has 0 saturated carbocycles. The summed E-state index contributed by atoms with van der Waals surface area (Å²) in [7, 11) is 0. The van der Waals surface area contributed by atoms with E-state index in [9.17, 15) is 5.11 Å². The number of hydrogen-bond donors (Lipinski definition) is 1. The number of imidazole rings is 1. The van der Waals surface area contributed by atoms with Gasteiger partial charge in [0, 0.05) is 11.7 Å². The predicted octanol–water partition coefficient (Wildman–Crippen LogP) is 4.07. The van der Waals surface area contributed by atoms with Crippen molar-refractivity contribution in [2.75, 3.05) is 6.61 Å². The quantitative estimate of drug-likeness (QED) is 0.860. The molecule has 0 aliphatic heterocycles. The Labute approximate surface area is 149 Å². The van der Waals surface area contributed by atoms with E-state index >= 15 is 0 Å². The molecule has 1 N–H and O–H groups in total. The Bertz CT molecular complexity index is 762. The minimum atomic E-state index is -0.108. The summed E-state index contributed by atoms with van der Waals surface area (Å²) >= 11 is 0. The first-order chi connectivity index (χ1) is 12.1. The summed E-state index contributed by atoms with van der Waals surface area (Å²) in [5.74, 6) is 0.669. The molecule has 2 aromatic rings. The molecule has 0 radical (unpaired) electrons. The Morgan fingerprint density at radius 1 is 1.24 bits per heavy atom. The Kier molecular flexibility index (Phi) is 5.53. The molecule has 0 spiro atoms. The van der Waals surface area contributed by atoms with Gasteiger partial charge in [0.15, 0.2) is 0 Å². The van der Waals surface area contributed by atoms with Gasteiger partial charge in [0.25, 0.3) is 0 Å². The highest BCUT2D eigenvalue weighted by Crippen LogP contribution is 2.33. The maximum absolute atomic E-state index is 9.51. The first-order valence-electron chi connectivity index (χ1n) is 9.03. The van der Waals surface area contributed by atoms with Crippen LogP contribution < -0.4 is 4.74 Å². The van der Waals surface area contributed by atoms with Crippen molar-refractivity contribution in [2.24, 2.45) is 0 Å². The van der Waals surface area contributed by atoms with Crippen molar-refractivity contribution in [2.45, 2.75) is 59.1 Å². The second kappa shape index (κ2) is 7.83. The maximum Gasteiger partial charge on any atom is 0.143 e. The van der Waals surface area contributed by atoms with Crippen LogP contribution in [-0.4, -0.2) is 26.2 Å². The fourth-order valence-electron chi connectivity index (χ4n) is 3.39. The largest absolute Gasteiger partial charge is 0.487 e. The second-order valence-corrected chi connectivity index (χ2v) is 6.91. The van der Waals surface area contributed by atoms with Crippen molar-refractivity contribution in [3.05, 3.63) is 47.3 Å².